The molecule has 0 atom stereocenters. The lowest BCUT2D eigenvalue weighted by atomic mass is 10.2. The Morgan fingerprint density at radius 3 is 2.52 bits per heavy atom. The summed E-state index contributed by atoms with van der Waals surface area (Å²) in [4.78, 5) is 0.167. The highest BCUT2D eigenvalue weighted by Crippen LogP contribution is 2.18. The predicted molar refractivity (Wildman–Crippen MR) is 95.0 cm³/mol. The zero-order valence-electron chi connectivity index (χ0n) is 14.5. The van der Waals surface area contributed by atoms with E-state index in [0.29, 0.717) is 6.54 Å². The maximum absolute atomic E-state index is 12.4. The second-order valence-electron chi connectivity index (χ2n) is 5.75. The Bertz CT molecular complexity index is 974. The zero-order valence-corrected chi connectivity index (χ0v) is 15.3. The number of rotatable bonds is 6. The summed E-state index contributed by atoms with van der Waals surface area (Å²) >= 11 is 0. The van der Waals surface area contributed by atoms with E-state index in [9.17, 15) is 8.42 Å². The number of nitrogens with one attached hydrogen (secondary N) is 1. The van der Waals surface area contributed by atoms with Crippen molar-refractivity contribution in [2.45, 2.75) is 38.8 Å². The summed E-state index contributed by atoms with van der Waals surface area (Å²) in [6, 6.07) is 9.76. The van der Waals surface area contributed by atoms with E-state index in [-0.39, 0.29) is 11.4 Å². The molecule has 0 aliphatic heterocycles. The summed E-state index contributed by atoms with van der Waals surface area (Å²) < 4.78 is 30.9. The van der Waals surface area contributed by atoms with Crippen LogP contribution in [0.4, 0.5) is 0 Å². The van der Waals surface area contributed by atoms with E-state index in [0.717, 1.165) is 22.6 Å². The summed E-state index contributed by atoms with van der Waals surface area (Å²) in [7, 11) is -3.61. The van der Waals surface area contributed by atoms with Crippen LogP contribution in [0.2, 0.25) is 0 Å². The Morgan fingerprint density at radius 2 is 1.88 bits per heavy atom. The fourth-order valence-corrected chi connectivity index (χ4v) is 3.61. The van der Waals surface area contributed by atoms with Crippen molar-refractivity contribution < 1.29 is 8.42 Å². The van der Waals surface area contributed by atoms with E-state index in [1.165, 1.54) is 12.4 Å². The van der Waals surface area contributed by atoms with Crippen LogP contribution in [0, 0.1) is 13.8 Å². The standard InChI is InChI=1S/C17H21N5O2S/c1-4-21-12-16(10-18-21)25(23,24)19-11-17-13(2)20-22(14(17)3)15-8-6-5-7-9-15/h5-10,12,19H,4,11H2,1-3H3. The molecule has 1 N–H and O–H groups in total. The third-order valence-electron chi connectivity index (χ3n) is 4.12. The summed E-state index contributed by atoms with van der Waals surface area (Å²) in [5.74, 6) is 0. The van der Waals surface area contributed by atoms with Crippen LogP contribution in [-0.4, -0.2) is 28.0 Å². The van der Waals surface area contributed by atoms with Crippen LogP contribution in [0.1, 0.15) is 23.9 Å². The van der Waals surface area contributed by atoms with Gasteiger partial charge in [0.05, 0.1) is 17.6 Å². The normalized spacial score (nSPS) is 11.8. The van der Waals surface area contributed by atoms with Gasteiger partial charge in [-0.15, -0.1) is 0 Å². The van der Waals surface area contributed by atoms with Crippen molar-refractivity contribution >= 4 is 10.0 Å². The van der Waals surface area contributed by atoms with Crippen molar-refractivity contribution in [1.82, 2.24) is 24.3 Å². The third-order valence-corrected chi connectivity index (χ3v) is 5.48. The first-order valence-corrected chi connectivity index (χ1v) is 9.53. The monoisotopic (exact) mass is 359 g/mol. The lowest BCUT2D eigenvalue weighted by molar-refractivity contribution is 0.580. The van der Waals surface area contributed by atoms with Crippen molar-refractivity contribution in [1.29, 1.82) is 0 Å². The van der Waals surface area contributed by atoms with E-state index >= 15 is 0 Å². The number of hydrogen-bond donors (Lipinski definition) is 1. The molecule has 0 radical (unpaired) electrons. The Balaban J connectivity index is 1.83. The minimum atomic E-state index is -3.61. The maximum Gasteiger partial charge on any atom is 0.243 e. The second kappa shape index (κ2) is 6.81. The molecule has 0 aliphatic rings. The van der Waals surface area contributed by atoms with Crippen LogP contribution in [0.15, 0.2) is 47.6 Å². The minimum Gasteiger partial charge on any atom is -0.272 e. The average molecular weight is 359 g/mol. The zero-order chi connectivity index (χ0) is 18.0. The predicted octanol–water partition coefficient (Wildman–Crippen LogP) is 2.18. The Morgan fingerprint density at radius 1 is 1.16 bits per heavy atom. The molecule has 0 saturated carbocycles. The Hall–Kier alpha value is -2.45. The Kier molecular flexibility index (Phi) is 4.73. The largest absolute Gasteiger partial charge is 0.272 e. The number of hydrogen-bond acceptors (Lipinski definition) is 4. The SMILES string of the molecule is CCn1cc(S(=O)(=O)NCc2c(C)nn(-c3ccccc3)c2C)cn1. The molecule has 0 spiro atoms. The lowest BCUT2D eigenvalue weighted by Crippen LogP contribution is -2.23. The van der Waals surface area contributed by atoms with Gasteiger partial charge in [0.15, 0.2) is 0 Å². The van der Waals surface area contributed by atoms with Gasteiger partial charge in [0.1, 0.15) is 4.90 Å². The van der Waals surface area contributed by atoms with Gasteiger partial charge in [-0.3, -0.25) is 4.68 Å². The van der Waals surface area contributed by atoms with Gasteiger partial charge in [-0.2, -0.15) is 10.2 Å². The van der Waals surface area contributed by atoms with Crippen LogP contribution in [0.5, 0.6) is 0 Å². The number of para-hydroxylation sites is 1. The van der Waals surface area contributed by atoms with Crippen LogP contribution < -0.4 is 4.72 Å². The molecule has 0 bridgehead atoms. The number of sulfonamides is 1. The molecule has 1 aromatic carbocycles. The molecular formula is C17H21N5O2S. The molecule has 7 nitrogen and oxygen atoms in total. The molecule has 0 amide bonds. The number of aryl methyl sites for hydroxylation is 2. The molecule has 0 aliphatic carbocycles. The first kappa shape index (κ1) is 17.4. The van der Waals surface area contributed by atoms with Crippen LogP contribution in [0.3, 0.4) is 0 Å². The quantitative estimate of drug-likeness (QED) is 0.731. The second-order valence-corrected chi connectivity index (χ2v) is 7.52. The average Bonchev–Trinajstić information content (AvgIpc) is 3.20. The van der Waals surface area contributed by atoms with E-state index in [1.807, 2.05) is 55.8 Å². The maximum atomic E-state index is 12.4. The van der Waals surface area contributed by atoms with Crippen molar-refractivity contribution in [2.75, 3.05) is 0 Å². The van der Waals surface area contributed by atoms with E-state index in [1.54, 1.807) is 4.68 Å². The van der Waals surface area contributed by atoms with Gasteiger partial charge in [-0.1, -0.05) is 18.2 Å². The fourth-order valence-electron chi connectivity index (χ4n) is 2.66. The fraction of sp³-hybridized carbons (Fsp3) is 0.294. The first-order chi connectivity index (χ1) is 11.9. The van der Waals surface area contributed by atoms with Crippen molar-refractivity contribution in [2.24, 2.45) is 0 Å². The van der Waals surface area contributed by atoms with Gasteiger partial charge in [-0.05, 0) is 32.9 Å². The van der Waals surface area contributed by atoms with Crippen molar-refractivity contribution in [3.05, 3.63) is 59.7 Å². The topological polar surface area (TPSA) is 81.8 Å². The third kappa shape index (κ3) is 3.49. The number of nitrogens with zero attached hydrogens (tertiary/aromatic N) is 4. The van der Waals surface area contributed by atoms with Gasteiger partial charge in [0, 0.05) is 30.5 Å². The van der Waals surface area contributed by atoms with E-state index < -0.39 is 10.0 Å². The van der Waals surface area contributed by atoms with Gasteiger partial charge >= 0.3 is 0 Å². The van der Waals surface area contributed by atoms with Crippen LogP contribution in [0.25, 0.3) is 5.69 Å². The van der Waals surface area contributed by atoms with Gasteiger partial charge in [0.25, 0.3) is 0 Å². The van der Waals surface area contributed by atoms with Crippen molar-refractivity contribution in [3.63, 3.8) is 0 Å². The smallest absolute Gasteiger partial charge is 0.243 e. The summed E-state index contributed by atoms with van der Waals surface area (Å²) in [6.07, 6.45) is 2.88. The van der Waals surface area contributed by atoms with Crippen LogP contribution in [-0.2, 0) is 23.1 Å². The molecule has 0 unspecified atom stereocenters. The lowest BCUT2D eigenvalue weighted by Gasteiger charge is -2.07. The molecular weight excluding hydrogens is 338 g/mol. The molecule has 0 fully saturated rings. The van der Waals surface area contributed by atoms with Crippen LogP contribution >= 0.6 is 0 Å². The molecule has 0 saturated heterocycles. The van der Waals surface area contributed by atoms with Gasteiger partial charge in [0.2, 0.25) is 10.0 Å². The number of benzene rings is 1. The molecule has 132 valence electrons. The highest BCUT2D eigenvalue weighted by Gasteiger charge is 2.19. The van der Waals surface area contributed by atoms with E-state index in [4.69, 9.17) is 0 Å². The highest BCUT2D eigenvalue weighted by molar-refractivity contribution is 7.89. The summed E-state index contributed by atoms with van der Waals surface area (Å²) in [5, 5.41) is 8.55. The first-order valence-electron chi connectivity index (χ1n) is 8.05. The molecule has 2 aromatic heterocycles. The molecule has 3 rings (SSSR count). The summed E-state index contributed by atoms with van der Waals surface area (Å²) in [6.45, 7) is 6.53. The van der Waals surface area contributed by atoms with Gasteiger partial charge in [-0.25, -0.2) is 17.8 Å². The Labute approximate surface area is 147 Å². The molecule has 2 heterocycles. The highest BCUT2D eigenvalue weighted by atomic mass is 32.2. The minimum absolute atomic E-state index is 0.167. The molecule has 3 aromatic rings. The van der Waals surface area contributed by atoms with Crippen molar-refractivity contribution in [3.8, 4) is 5.69 Å². The number of aromatic nitrogens is 4. The molecule has 8 heteroatoms. The summed E-state index contributed by atoms with van der Waals surface area (Å²) in [5.41, 5.74) is 3.53. The van der Waals surface area contributed by atoms with Gasteiger partial charge < -0.3 is 0 Å². The van der Waals surface area contributed by atoms with E-state index in [2.05, 4.69) is 14.9 Å². The molecule has 25 heavy (non-hydrogen) atoms.